The van der Waals surface area contributed by atoms with E-state index in [0.717, 1.165) is 23.5 Å². The smallest absolute Gasteiger partial charge is 0.115 e. The molecule has 0 amide bonds. The second-order valence-electron chi connectivity index (χ2n) is 3.97. The highest BCUT2D eigenvalue weighted by atomic mass is 79.9. The molecular formula is C12H16Br2O. The van der Waals surface area contributed by atoms with Gasteiger partial charge in [0.25, 0.3) is 0 Å². The topological polar surface area (TPSA) is 20.2 Å². The molecule has 0 saturated heterocycles. The summed E-state index contributed by atoms with van der Waals surface area (Å²) in [4.78, 5) is 0. The number of halogens is 2. The number of hydrogen-bond donors (Lipinski definition) is 1. The van der Waals surface area contributed by atoms with Crippen LogP contribution in [-0.4, -0.2) is 15.8 Å². The molecule has 0 aliphatic carbocycles. The van der Waals surface area contributed by atoms with Gasteiger partial charge in [-0.1, -0.05) is 50.9 Å². The molecule has 1 aromatic carbocycles. The molecule has 1 aromatic rings. The number of benzene rings is 1. The van der Waals surface area contributed by atoms with Gasteiger partial charge in [-0.3, -0.25) is 0 Å². The highest BCUT2D eigenvalue weighted by Gasteiger charge is 2.25. The van der Waals surface area contributed by atoms with Gasteiger partial charge in [-0.25, -0.2) is 0 Å². The number of alkyl halides is 2. The molecule has 0 aromatic heterocycles. The maximum absolute atomic E-state index is 9.40. The fourth-order valence-electron chi connectivity index (χ4n) is 1.54. The van der Waals surface area contributed by atoms with Gasteiger partial charge in [0, 0.05) is 10.7 Å². The molecule has 84 valence electrons. The van der Waals surface area contributed by atoms with E-state index in [9.17, 15) is 5.11 Å². The second kappa shape index (κ2) is 5.90. The molecule has 0 saturated carbocycles. The first-order valence-corrected chi connectivity index (χ1v) is 7.30. The van der Waals surface area contributed by atoms with Crippen LogP contribution in [0.1, 0.15) is 18.9 Å². The van der Waals surface area contributed by atoms with E-state index in [2.05, 4.69) is 44.8 Å². The molecule has 0 aliphatic rings. The molecule has 0 heterocycles. The Morgan fingerprint density at radius 1 is 1.27 bits per heavy atom. The zero-order valence-corrected chi connectivity index (χ0v) is 12.0. The van der Waals surface area contributed by atoms with Crippen LogP contribution in [0.3, 0.4) is 0 Å². The van der Waals surface area contributed by atoms with E-state index in [1.165, 1.54) is 5.56 Å². The van der Waals surface area contributed by atoms with Gasteiger partial charge in [-0.05, 0) is 36.0 Å². The molecular weight excluding hydrogens is 320 g/mol. The summed E-state index contributed by atoms with van der Waals surface area (Å²) in [7, 11) is 0. The van der Waals surface area contributed by atoms with Crippen LogP contribution in [0.2, 0.25) is 0 Å². The van der Waals surface area contributed by atoms with Crippen LogP contribution in [0.5, 0.6) is 5.75 Å². The van der Waals surface area contributed by atoms with Crippen molar-refractivity contribution in [2.24, 2.45) is 5.41 Å². The number of phenolic OH excluding ortho intramolecular Hbond substituents is 1. The lowest BCUT2D eigenvalue weighted by Gasteiger charge is -2.28. The van der Waals surface area contributed by atoms with E-state index in [0.29, 0.717) is 5.75 Å². The number of aromatic hydroxyl groups is 1. The molecule has 0 unspecified atom stereocenters. The third kappa shape index (κ3) is 3.49. The molecule has 0 aliphatic heterocycles. The predicted molar refractivity (Wildman–Crippen MR) is 72.1 cm³/mol. The number of hydrogen-bond acceptors (Lipinski definition) is 1. The highest BCUT2D eigenvalue weighted by Crippen LogP contribution is 2.32. The molecule has 15 heavy (non-hydrogen) atoms. The molecule has 1 rings (SSSR count). The summed E-state index contributed by atoms with van der Waals surface area (Å²) in [6.45, 7) is 2.20. The minimum Gasteiger partial charge on any atom is -0.508 e. The Hall–Kier alpha value is -0.0200. The summed E-state index contributed by atoms with van der Waals surface area (Å²) in [6, 6.07) is 7.51. The number of phenols is 1. The van der Waals surface area contributed by atoms with E-state index in [4.69, 9.17) is 0 Å². The molecule has 1 nitrogen and oxygen atoms in total. The highest BCUT2D eigenvalue weighted by molar-refractivity contribution is 9.09. The monoisotopic (exact) mass is 334 g/mol. The maximum atomic E-state index is 9.40. The van der Waals surface area contributed by atoms with E-state index >= 15 is 0 Å². The lowest BCUT2D eigenvalue weighted by Crippen LogP contribution is -2.26. The first-order chi connectivity index (χ1) is 7.15. The van der Waals surface area contributed by atoms with Crippen molar-refractivity contribution in [1.29, 1.82) is 0 Å². The van der Waals surface area contributed by atoms with E-state index in [-0.39, 0.29) is 5.41 Å². The van der Waals surface area contributed by atoms with Crippen LogP contribution in [-0.2, 0) is 6.42 Å². The minimum absolute atomic E-state index is 0.244. The largest absolute Gasteiger partial charge is 0.508 e. The van der Waals surface area contributed by atoms with Crippen molar-refractivity contribution in [3.05, 3.63) is 29.8 Å². The zero-order valence-electron chi connectivity index (χ0n) is 8.84. The molecule has 0 spiro atoms. The summed E-state index contributed by atoms with van der Waals surface area (Å²) < 4.78 is 0. The first-order valence-electron chi connectivity index (χ1n) is 5.05. The zero-order chi connectivity index (χ0) is 11.3. The maximum Gasteiger partial charge on any atom is 0.115 e. The molecule has 1 N–H and O–H groups in total. The predicted octanol–water partition coefficient (Wildman–Crippen LogP) is 4.12. The summed E-state index contributed by atoms with van der Waals surface area (Å²) in [5.41, 5.74) is 1.43. The van der Waals surface area contributed by atoms with Crippen LogP contribution in [0, 0.1) is 5.41 Å². The average Bonchev–Trinajstić information content (AvgIpc) is 2.26. The molecule has 0 bridgehead atoms. The second-order valence-corrected chi connectivity index (χ2v) is 5.09. The Labute approximate surface area is 108 Å². The molecule has 0 radical (unpaired) electrons. The van der Waals surface area contributed by atoms with Crippen molar-refractivity contribution in [3.63, 3.8) is 0 Å². The Morgan fingerprint density at radius 2 is 1.93 bits per heavy atom. The van der Waals surface area contributed by atoms with Crippen LogP contribution in [0.25, 0.3) is 0 Å². The molecule has 3 heteroatoms. The van der Waals surface area contributed by atoms with Crippen LogP contribution in [0.15, 0.2) is 24.3 Å². The van der Waals surface area contributed by atoms with Gasteiger partial charge in [-0.2, -0.15) is 0 Å². The Kier molecular flexibility index (Phi) is 5.13. The van der Waals surface area contributed by atoms with Crippen molar-refractivity contribution in [1.82, 2.24) is 0 Å². The normalized spacial score (nSPS) is 11.7. The third-order valence-corrected chi connectivity index (χ3v) is 5.19. The summed E-state index contributed by atoms with van der Waals surface area (Å²) in [6.07, 6.45) is 2.09. The van der Waals surface area contributed by atoms with Crippen LogP contribution in [0.4, 0.5) is 0 Å². The van der Waals surface area contributed by atoms with Crippen molar-refractivity contribution in [3.8, 4) is 5.75 Å². The molecule has 0 atom stereocenters. The lowest BCUT2D eigenvalue weighted by molar-refractivity contribution is 0.373. The van der Waals surface area contributed by atoms with E-state index in [1.807, 2.05) is 12.1 Å². The van der Waals surface area contributed by atoms with E-state index < -0.39 is 0 Å². The van der Waals surface area contributed by atoms with Gasteiger partial charge in [0.2, 0.25) is 0 Å². The van der Waals surface area contributed by atoms with Gasteiger partial charge in [0.15, 0.2) is 0 Å². The van der Waals surface area contributed by atoms with Gasteiger partial charge in [0.1, 0.15) is 5.75 Å². The van der Waals surface area contributed by atoms with Crippen LogP contribution < -0.4 is 0 Å². The van der Waals surface area contributed by atoms with Crippen molar-refractivity contribution >= 4 is 31.9 Å². The first kappa shape index (κ1) is 13.0. The Morgan fingerprint density at radius 3 is 2.40 bits per heavy atom. The van der Waals surface area contributed by atoms with Gasteiger partial charge < -0.3 is 5.11 Å². The van der Waals surface area contributed by atoms with Crippen molar-refractivity contribution in [2.45, 2.75) is 19.8 Å². The minimum atomic E-state index is 0.244. The average molecular weight is 336 g/mol. The quantitative estimate of drug-likeness (QED) is 0.802. The summed E-state index contributed by atoms with van der Waals surface area (Å²) in [5.74, 6) is 0.349. The van der Waals surface area contributed by atoms with E-state index in [1.54, 1.807) is 6.07 Å². The molecule has 0 fully saturated rings. The Bertz CT molecular complexity index is 300. The van der Waals surface area contributed by atoms with Crippen molar-refractivity contribution < 1.29 is 5.11 Å². The number of rotatable bonds is 5. The summed E-state index contributed by atoms with van der Waals surface area (Å²) in [5, 5.41) is 11.3. The van der Waals surface area contributed by atoms with Gasteiger partial charge in [-0.15, -0.1) is 0 Å². The fourth-order valence-corrected chi connectivity index (χ4v) is 3.66. The van der Waals surface area contributed by atoms with Crippen LogP contribution >= 0.6 is 31.9 Å². The van der Waals surface area contributed by atoms with Gasteiger partial charge in [0.05, 0.1) is 0 Å². The summed E-state index contributed by atoms with van der Waals surface area (Å²) >= 11 is 7.15. The fraction of sp³-hybridized carbons (Fsp3) is 0.500. The standard InChI is InChI=1S/C12H16Br2O/c1-2-12(8-13,9-14)7-10-4-3-5-11(15)6-10/h3-6,15H,2,7-9H2,1H3. The SMILES string of the molecule is CCC(CBr)(CBr)Cc1cccc(O)c1. The Balaban J connectivity index is 2.82. The van der Waals surface area contributed by atoms with Crippen molar-refractivity contribution in [2.75, 3.05) is 10.7 Å². The third-order valence-electron chi connectivity index (χ3n) is 2.81. The van der Waals surface area contributed by atoms with Gasteiger partial charge >= 0.3 is 0 Å². The lowest BCUT2D eigenvalue weighted by atomic mass is 9.83.